The van der Waals surface area contributed by atoms with Crippen LogP contribution in [0, 0.1) is 0 Å². The van der Waals surface area contributed by atoms with E-state index in [1.54, 1.807) is 25.5 Å². The maximum absolute atomic E-state index is 12.7. The zero-order valence-electron chi connectivity index (χ0n) is 17.1. The van der Waals surface area contributed by atoms with Crippen LogP contribution in [0.4, 0.5) is 0 Å². The van der Waals surface area contributed by atoms with Gasteiger partial charge in [0.2, 0.25) is 0 Å². The molecule has 29 heavy (non-hydrogen) atoms. The minimum absolute atomic E-state index is 0.253. The number of hydrogen-bond donors (Lipinski definition) is 0. The molecule has 0 unspecified atom stereocenters. The van der Waals surface area contributed by atoms with Crippen molar-refractivity contribution >= 4 is 34.4 Å². The van der Waals surface area contributed by atoms with Gasteiger partial charge in [0.05, 0.1) is 13.7 Å². The van der Waals surface area contributed by atoms with Crippen LogP contribution >= 0.6 is 11.3 Å². The third-order valence-electron chi connectivity index (χ3n) is 4.15. The van der Waals surface area contributed by atoms with Gasteiger partial charge in [0.25, 0.3) is 0 Å². The number of fused-ring (bicyclic) bond motifs is 1. The Morgan fingerprint density at radius 2 is 2.21 bits per heavy atom. The number of methoxy groups -OCH3 is 1. The summed E-state index contributed by atoms with van der Waals surface area (Å²) < 4.78 is 33.1. The fraction of sp³-hybridized carbons (Fsp3) is 0.450. The van der Waals surface area contributed by atoms with Crippen LogP contribution in [0.1, 0.15) is 61.3 Å². The van der Waals surface area contributed by atoms with Gasteiger partial charge in [-0.05, 0) is 39.8 Å². The number of hydrogen-bond acceptors (Lipinski definition) is 8. The van der Waals surface area contributed by atoms with Crippen molar-refractivity contribution in [3.05, 3.63) is 39.8 Å². The number of benzene rings is 1. The Kier molecular flexibility index (Phi) is 6.50. The smallest absolute Gasteiger partial charge is 0.357 e. The van der Waals surface area contributed by atoms with Crippen LogP contribution in [-0.4, -0.2) is 39.7 Å². The standard InChI is InChI=1S/C20H24N2O5S2/c1-6-26-19(23)15-11-28-18(21-15)17-10-14(22-29(24)20(2,3)4)13-8-7-12(25-5)9-16(13)27-17/h7-9,11,17H,6,10H2,1-5H3/t17-,29+/m1/s1. The van der Waals surface area contributed by atoms with Crippen LogP contribution in [0.25, 0.3) is 0 Å². The fourth-order valence-corrected chi connectivity index (χ4v) is 4.10. The maximum Gasteiger partial charge on any atom is 0.357 e. The van der Waals surface area contributed by atoms with E-state index in [1.165, 1.54) is 11.3 Å². The topological polar surface area (TPSA) is 93.1 Å². The second kappa shape index (κ2) is 8.73. The van der Waals surface area contributed by atoms with Crippen LogP contribution in [-0.2, 0) is 16.1 Å². The average molecular weight is 437 g/mol. The van der Waals surface area contributed by atoms with Crippen LogP contribution in [0.5, 0.6) is 11.5 Å². The Labute approximate surface area is 177 Å². The van der Waals surface area contributed by atoms with Gasteiger partial charge in [0, 0.05) is 23.4 Å². The first-order chi connectivity index (χ1) is 13.7. The van der Waals surface area contributed by atoms with Gasteiger partial charge >= 0.3 is 5.97 Å². The molecule has 0 saturated carbocycles. The molecule has 7 nitrogen and oxygen atoms in total. The quantitative estimate of drug-likeness (QED) is 0.517. The molecule has 0 spiro atoms. The van der Waals surface area contributed by atoms with Crippen LogP contribution in [0.3, 0.4) is 0 Å². The van der Waals surface area contributed by atoms with Crippen molar-refractivity contribution in [1.82, 2.24) is 4.98 Å². The van der Waals surface area contributed by atoms with E-state index in [1.807, 2.05) is 32.9 Å². The Balaban J connectivity index is 1.97. The predicted molar refractivity (Wildman–Crippen MR) is 113 cm³/mol. The number of carbonyl (C=O) groups excluding carboxylic acids is 1. The lowest BCUT2D eigenvalue weighted by molar-refractivity contribution is 0.0519. The number of nitrogens with zero attached hydrogens (tertiary/aromatic N) is 2. The zero-order chi connectivity index (χ0) is 21.2. The summed E-state index contributed by atoms with van der Waals surface area (Å²) in [5, 5.41) is 2.29. The van der Waals surface area contributed by atoms with E-state index in [2.05, 4.69) is 9.38 Å². The summed E-state index contributed by atoms with van der Waals surface area (Å²) in [7, 11) is 1.58. The molecular formula is C20H24N2O5S2. The second-order valence-corrected chi connectivity index (χ2v) is 10.2. The van der Waals surface area contributed by atoms with Crippen LogP contribution in [0.15, 0.2) is 28.0 Å². The molecule has 3 rings (SSSR count). The van der Waals surface area contributed by atoms with E-state index in [0.717, 1.165) is 5.56 Å². The predicted octanol–water partition coefficient (Wildman–Crippen LogP) is 4.10. The summed E-state index contributed by atoms with van der Waals surface area (Å²) in [5.41, 5.74) is 1.71. The molecule has 1 aromatic carbocycles. The first-order valence-electron chi connectivity index (χ1n) is 9.20. The molecule has 9 heteroatoms. The van der Waals surface area contributed by atoms with Crippen molar-refractivity contribution in [2.75, 3.05) is 13.7 Å². The zero-order valence-corrected chi connectivity index (χ0v) is 18.7. The number of aromatic nitrogens is 1. The molecule has 0 N–H and O–H groups in total. The first-order valence-corrected chi connectivity index (χ1v) is 11.2. The monoisotopic (exact) mass is 436 g/mol. The first kappa shape index (κ1) is 21.6. The Morgan fingerprint density at radius 1 is 1.45 bits per heavy atom. The molecule has 2 atom stereocenters. The molecule has 2 heterocycles. The van der Waals surface area contributed by atoms with Gasteiger partial charge in [-0.3, -0.25) is 0 Å². The van der Waals surface area contributed by atoms with Crippen molar-refractivity contribution in [1.29, 1.82) is 0 Å². The van der Waals surface area contributed by atoms with E-state index >= 15 is 0 Å². The number of rotatable bonds is 5. The third-order valence-corrected chi connectivity index (χ3v) is 6.52. The van der Waals surface area contributed by atoms with E-state index in [0.29, 0.717) is 28.6 Å². The molecule has 0 saturated heterocycles. The molecule has 0 aliphatic carbocycles. The number of thiazole rings is 1. The van der Waals surface area contributed by atoms with Gasteiger partial charge in [-0.25, -0.2) is 9.78 Å². The highest BCUT2D eigenvalue weighted by Crippen LogP contribution is 2.39. The Bertz CT molecular complexity index is 920. The largest absolute Gasteiger partial charge is 0.591 e. The average Bonchev–Trinajstić information content (AvgIpc) is 3.17. The lowest BCUT2D eigenvalue weighted by Crippen LogP contribution is -2.29. The van der Waals surface area contributed by atoms with E-state index < -0.39 is 28.2 Å². The minimum Gasteiger partial charge on any atom is -0.591 e. The number of esters is 1. The highest BCUT2D eigenvalue weighted by molar-refractivity contribution is 7.91. The molecule has 0 amide bonds. The summed E-state index contributed by atoms with van der Waals surface area (Å²) in [5.74, 6) is 0.765. The summed E-state index contributed by atoms with van der Waals surface area (Å²) in [6.07, 6.45) is -0.0461. The fourth-order valence-electron chi connectivity index (χ4n) is 2.64. The van der Waals surface area contributed by atoms with Crippen molar-refractivity contribution in [2.45, 2.75) is 45.0 Å². The molecule has 0 radical (unpaired) electrons. The van der Waals surface area contributed by atoms with E-state index in [-0.39, 0.29) is 12.3 Å². The molecule has 2 aromatic rings. The van der Waals surface area contributed by atoms with Crippen molar-refractivity contribution in [3.63, 3.8) is 0 Å². The summed E-state index contributed by atoms with van der Waals surface area (Å²) in [6.45, 7) is 7.67. The molecule has 1 aliphatic rings. The van der Waals surface area contributed by atoms with Gasteiger partial charge < -0.3 is 18.8 Å². The second-order valence-electron chi connectivity index (χ2n) is 7.36. The van der Waals surface area contributed by atoms with Crippen LogP contribution in [0.2, 0.25) is 0 Å². The van der Waals surface area contributed by atoms with Gasteiger partial charge in [0.1, 0.15) is 38.3 Å². The SMILES string of the molecule is CCOC(=O)c1csc([C@H]2CC(=N[S@@+]([O-])C(C)(C)C)c3ccc(OC)cc3O2)n1. The normalized spacial score (nSPS) is 18.7. The summed E-state index contributed by atoms with van der Waals surface area (Å²) in [4.78, 5) is 16.3. The molecular weight excluding hydrogens is 412 g/mol. The Hall–Kier alpha value is -2.10. The lowest BCUT2D eigenvalue weighted by atomic mass is 10.00. The van der Waals surface area contributed by atoms with Crippen LogP contribution < -0.4 is 9.47 Å². The van der Waals surface area contributed by atoms with Crippen molar-refractivity contribution in [3.8, 4) is 11.5 Å². The van der Waals surface area contributed by atoms with E-state index in [9.17, 15) is 9.35 Å². The molecule has 0 fully saturated rings. The maximum atomic E-state index is 12.7. The summed E-state index contributed by atoms with van der Waals surface area (Å²) in [6, 6.07) is 5.45. The van der Waals surface area contributed by atoms with E-state index in [4.69, 9.17) is 14.2 Å². The number of carbonyl (C=O) groups is 1. The molecule has 1 aromatic heterocycles. The van der Waals surface area contributed by atoms with Gasteiger partial charge in [-0.15, -0.1) is 11.3 Å². The highest BCUT2D eigenvalue weighted by Gasteiger charge is 2.33. The van der Waals surface area contributed by atoms with Gasteiger partial charge in [0.15, 0.2) is 11.8 Å². The minimum atomic E-state index is -1.42. The summed E-state index contributed by atoms with van der Waals surface area (Å²) >= 11 is -0.0931. The van der Waals surface area contributed by atoms with Crippen molar-refractivity contribution < 1.29 is 23.6 Å². The Morgan fingerprint density at radius 3 is 2.86 bits per heavy atom. The molecule has 1 aliphatic heterocycles. The third kappa shape index (κ3) is 4.91. The molecule has 0 bridgehead atoms. The van der Waals surface area contributed by atoms with Gasteiger partial charge in [-0.1, -0.05) is 4.40 Å². The number of ether oxygens (including phenoxy) is 3. The lowest BCUT2D eigenvalue weighted by Gasteiger charge is -2.27. The van der Waals surface area contributed by atoms with Gasteiger partial charge in [-0.2, -0.15) is 0 Å². The molecule has 156 valence electrons. The van der Waals surface area contributed by atoms with Crippen molar-refractivity contribution in [2.24, 2.45) is 4.40 Å². The highest BCUT2D eigenvalue weighted by atomic mass is 32.2.